The summed E-state index contributed by atoms with van der Waals surface area (Å²) in [4.78, 5) is 5.65. The van der Waals surface area contributed by atoms with Gasteiger partial charge in [0.2, 0.25) is 0 Å². The number of thiophene rings is 1. The SMILES string of the molecule is CCn1cnc(S(=O)(=O)NCc2ccc(C#CCN)s2)c1. The molecule has 6 nitrogen and oxygen atoms in total. The number of hydrogen-bond donors (Lipinski definition) is 2. The number of nitrogens with two attached hydrogens (primary N) is 1. The third-order valence-corrected chi connectivity index (χ3v) is 4.95. The van der Waals surface area contributed by atoms with Gasteiger partial charge in [0.1, 0.15) is 0 Å². The molecule has 0 aliphatic carbocycles. The van der Waals surface area contributed by atoms with Gasteiger partial charge in [-0.15, -0.1) is 11.3 Å². The lowest BCUT2D eigenvalue weighted by atomic mass is 10.4. The second-order valence-electron chi connectivity index (χ2n) is 4.14. The molecule has 0 spiro atoms. The van der Waals surface area contributed by atoms with Gasteiger partial charge >= 0.3 is 0 Å². The topological polar surface area (TPSA) is 90.0 Å². The minimum absolute atomic E-state index is 0.0315. The molecule has 0 bridgehead atoms. The third-order valence-electron chi connectivity index (χ3n) is 2.66. The molecule has 0 atom stereocenters. The zero-order valence-corrected chi connectivity index (χ0v) is 13.2. The maximum absolute atomic E-state index is 12.1. The van der Waals surface area contributed by atoms with Crippen molar-refractivity contribution in [3.05, 3.63) is 34.4 Å². The summed E-state index contributed by atoms with van der Waals surface area (Å²) in [6.45, 7) is 3.12. The number of nitrogens with one attached hydrogen (secondary N) is 1. The van der Waals surface area contributed by atoms with Crippen molar-refractivity contribution in [1.29, 1.82) is 0 Å². The fourth-order valence-corrected chi connectivity index (χ4v) is 3.44. The summed E-state index contributed by atoms with van der Waals surface area (Å²) in [5, 5.41) is 0.0315. The third kappa shape index (κ3) is 4.15. The van der Waals surface area contributed by atoms with Crippen molar-refractivity contribution in [3.63, 3.8) is 0 Å². The van der Waals surface area contributed by atoms with Crippen LogP contribution in [0.15, 0.2) is 29.7 Å². The highest BCUT2D eigenvalue weighted by atomic mass is 32.2. The number of aromatic nitrogens is 2. The molecule has 8 heteroatoms. The van der Waals surface area contributed by atoms with Crippen LogP contribution in [0.2, 0.25) is 0 Å². The average Bonchev–Trinajstić information content (AvgIpc) is 3.12. The molecule has 0 saturated carbocycles. The van der Waals surface area contributed by atoms with Crippen LogP contribution in [0.4, 0.5) is 0 Å². The molecular weight excluding hydrogens is 308 g/mol. The summed E-state index contributed by atoms with van der Waals surface area (Å²) in [6.07, 6.45) is 3.01. The van der Waals surface area contributed by atoms with Gasteiger partial charge in [0.15, 0.2) is 5.03 Å². The monoisotopic (exact) mass is 324 g/mol. The molecule has 112 valence electrons. The molecule has 0 saturated heterocycles. The van der Waals surface area contributed by atoms with E-state index in [1.54, 1.807) is 4.57 Å². The Hall–Kier alpha value is -1.66. The van der Waals surface area contributed by atoms with E-state index in [9.17, 15) is 8.42 Å². The highest BCUT2D eigenvalue weighted by Crippen LogP contribution is 2.16. The number of rotatable bonds is 5. The minimum Gasteiger partial charge on any atom is -0.336 e. The quantitative estimate of drug-likeness (QED) is 0.794. The van der Waals surface area contributed by atoms with E-state index in [0.29, 0.717) is 13.1 Å². The van der Waals surface area contributed by atoms with Crippen molar-refractivity contribution in [2.24, 2.45) is 5.73 Å². The molecule has 2 rings (SSSR count). The normalized spacial score (nSPS) is 11.1. The highest BCUT2D eigenvalue weighted by molar-refractivity contribution is 7.89. The summed E-state index contributed by atoms with van der Waals surface area (Å²) in [6, 6.07) is 3.70. The molecule has 0 unspecified atom stereocenters. The van der Waals surface area contributed by atoms with E-state index in [4.69, 9.17) is 5.73 Å². The van der Waals surface area contributed by atoms with Gasteiger partial charge in [0.05, 0.1) is 17.7 Å². The van der Waals surface area contributed by atoms with E-state index >= 15 is 0 Å². The number of sulfonamides is 1. The zero-order chi connectivity index (χ0) is 15.3. The van der Waals surface area contributed by atoms with Crippen LogP contribution in [0.1, 0.15) is 16.7 Å². The first-order valence-corrected chi connectivity index (χ1v) is 8.64. The van der Waals surface area contributed by atoms with Crippen molar-refractivity contribution in [2.75, 3.05) is 6.54 Å². The van der Waals surface area contributed by atoms with E-state index < -0.39 is 10.0 Å². The summed E-state index contributed by atoms with van der Waals surface area (Å²) >= 11 is 1.44. The van der Waals surface area contributed by atoms with Crippen molar-refractivity contribution < 1.29 is 8.42 Å². The van der Waals surface area contributed by atoms with Gasteiger partial charge in [-0.25, -0.2) is 18.1 Å². The fraction of sp³-hybridized carbons (Fsp3) is 0.308. The maximum Gasteiger partial charge on any atom is 0.259 e. The van der Waals surface area contributed by atoms with Gasteiger partial charge in [-0.3, -0.25) is 0 Å². The average molecular weight is 324 g/mol. The first-order chi connectivity index (χ1) is 10.0. The molecule has 2 aromatic rings. The molecule has 21 heavy (non-hydrogen) atoms. The number of imidazole rings is 1. The van der Waals surface area contributed by atoms with Gasteiger partial charge in [0, 0.05) is 24.2 Å². The van der Waals surface area contributed by atoms with Gasteiger partial charge in [-0.1, -0.05) is 11.8 Å². The maximum atomic E-state index is 12.1. The lowest BCUT2D eigenvalue weighted by Crippen LogP contribution is -2.23. The molecule has 0 radical (unpaired) electrons. The predicted molar refractivity (Wildman–Crippen MR) is 82.2 cm³/mol. The Morgan fingerprint density at radius 2 is 2.29 bits per heavy atom. The Morgan fingerprint density at radius 3 is 2.95 bits per heavy atom. The summed E-state index contributed by atoms with van der Waals surface area (Å²) < 4.78 is 28.4. The van der Waals surface area contributed by atoms with Gasteiger partial charge < -0.3 is 10.3 Å². The lowest BCUT2D eigenvalue weighted by molar-refractivity contribution is 0.578. The summed E-state index contributed by atoms with van der Waals surface area (Å²) in [7, 11) is -3.59. The van der Waals surface area contributed by atoms with Crippen LogP contribution in [0.25, 0.3) is 0 Å². The Morgan fingerprint density at radius 1 is 1.48 bits per heavy atom. The van der Waals surface area contributed by atoms with Crippen LogP contribution in [0.5, 0.6) is 0 Å². The van der Waals surface area contributed by atoms with E-state index in [-0.39, 0.29) is 11.6 Å². The van der Waals surface area contributed by atoms with Crippen LogP contribution < -0.4 is 10.5 Å². The number of nitrogens with zero attached hydrogens (tertiary/aromatic N) is 2. The molecule has 0 aliphatic heterocycles. The Kier molecular flexibility index (Phi) is 5.14. The second kappa shape index (κ2) is 6.87. The molecule has 2 aromatic heterocycles. The van der Waals surface area contributed by atoms with Crippen LogP contribution in [0.3, 0.4) is 0 Å². The lowest BCUT2D eigenvalue weighted by Gasteiger charge is -2.02. The van der Waals surface area contributed by atoms with E-state index in [0.717, 1.165) is 9.75 Å². The molecule has 0 amide bonds. The van der Waals surface area contributed by atoms with Crippen molar-refractivity contribution in [2.45, 2.75) is 25.0 Å². The van der Waals surface area contributed by atoms with E-state index in [1.807, 2.05) is 19.1 Å². The predicted octanol–water partition coefficient (Wildman–Crippen LogP) is 0.753. The van der Waals surface area contributed by atoms with Gasteiger partial charge in [0.25, 0.3) is 10.0 Å². The van der Waals surface area contributed by atoms with Crippen molar-refractivity contribution in [1.82, 2.24) is 14.3 Å². The Balaban J connectivity index is 2.03. The molecule has 2 heterocycles. The largest absolute Gasteiger partial charge is 0.336 e. The Bertz CT molecular complexity index is 765. The molecule has 3 N–H and O–H groups in total. The summed E-state index contributed by atoms with van der Waals surface area (Å²) in [5.74, 6) is 5.68. The van der Waals surface area contributed by atoms with Crippen molar-refractivity contribution >= 4 is 21.4 Å². The fourth-order valence-electron chi connectivity index (χ4n) is 1.57. The molecule has 0 fully saturated rings. The number of hydrogen-bond acceptors (Lipinski definition) is 5. The first kappa shape index (κ1) is 15.7. The molecule has 0 aromatic carbocycles. The highest BCUT2D eigenvalue weighted by Gasteiger charge is 2.17. The van der Waals surface area contributed by atoms with Crippen LogP contribution in [-0.2, 0) is 23.1 Å². The standard InChI is InChI=1S/C13H16N4O2S2/c1-2-17-9-13(15-10-17)21(18,19)16-8-12-6-5-11(20-12)4-3-7-14/h5-6,9-10,16H,2,7-8,14H2,1H3. The van der Waals surface area contributed by atoms with E-state index in [1.165, 1.54) is 23.9 Å². The van der Waals surface area contributed by atoms with Crippen LogP contribution >= 0.6 is 11.3 Å². The molecule has 0 aliphatic rings. The molecular formula is C13H16N4O2S2. The van der Waals surface area contributed by atoms with Crippen LogP contribution in [0, 0.1) is 11.8 Å². The van der Waals surface area contributed by atoms with E-state index in [2.05, 4.69) is 21.5 Å². The zero-order valence-electron chi connectivity index (χ0n) is 11.5. The van der Waals surface area contributed by atoms with Gasteiger partial charge in [-0.2, -0.15) is 0 Å². The first-order valence-electron chi connectivity index (χ1n) is 6.34. The van der Waals surface area contributed by atoms with Crippen molar-refractivity contribution in [3.8, 4) is 11.8 Å². The summed E-state index contributed by atoms with van der Waals surface area (Å²) in [5.41, 5.74) is 5.31. The number of aryl methyl sites for hydroxylation is 1. The Labute approximate surface area is 128 Å². The van der Waals surface area contributed by atoms with Crippen LogP contribution in [-0.4, -0.2) is 24.5 Å². The smallest absolute Gasteiger partial charge is 0.259 e. The minimum atomic E-state index is -3.59. The van der Waals surface area contributed by atoms with Gasteiger partial charge in [-0.05, 0) is 19.1 Å². The second-order valence-corrected chi connectivity index (χ2v) is 7.02.